The van der Waals surface area contributed by atoms with Gasteiger partial charge in [-0.05, 0) is 49.7 Å². The molecule has 0 N–H and O–H groups in total. The standard InChI is InChI=1S/C13H14BBrNO2/c15-11-1-2-12-10(7-11)8-13(18-12)3-5-16(6-4-13)14-9-17/h1-2,7,9H,3-6,8H2. The number of carbonyl (C=O) groups excluding carboxylic acids is 1. The van der Waals surface area contributed by atoms with E-state index in [-0.39, 0.29) is 5.60 Å². The van der Waals surface area contributed by atoms with Gasteiger partial charge in [-0.15, -0.1) is 0 Å². The molecule has 0 amide bonds. The van der Waals surface area contributed by atoms with Crippen molar-refractivity contribution in [3.63, 3.8) is 0 Å². The lowest BCUT2D eigenvalue weighted by Crippen LogP contribution is -2.48. The zero-order chi connectivity index (χ0) is 12.6. The van der Waals surface area contributed by atoms with E-state index in [9.17, 15) is 4.79 Å². The van der Waals surface area contributed by atoms with Crippen molar-refractivity contribution >= 4 is 29.5 Å². The smallest absolute Gasteiger partial charge is 0.293 e. The molecular weight excluding hydrogens is 293 g/mol. The summed E-state index contributed by atoms with van der Waals surface area (Å²) in [4.78, 5) is 12.5. The fourth-order valence-electron chi connectivity index (χ4n) is 2.85. The first-order chi connectivity index (χ1) is 8.71. The number of hydrogen-bond donors (Lipinski definition) is 0. The van der Waals surface area contributed by atoms with E-state index in [0.29, 0.717) is 0 Å². The zero-order valence-electron chi connectivity index (χ0n) is 10.1. The fourth-order valence-corrected chi connectivity index (χ4v) is 3.26. The first-order valence-corrected chi connectivity index (χ1v) is 7.00. The molecule has 1 aromatic rings. The molecule has 0 aliphatic carbocycles. The van der Waals surface area contributed by atoms with Crippen LogP contribution in [0.2, 0.25) is 0 Å². The second-order valence-electron chi connectivity index (χ2n) is 5.04. The number of piperidine rings is 1. The molecule has 0 bridgehead atoms. The van der Waals surface area contributed by atoms with E-state index in [1.54, 1.807) is 7.41 Å². The summed E-state index contributed by atoms with van der Waals surface area (Å²) in [7, 11) is 1.63. The SMILES string of the molecule is O=C[B]N1CCC2(CC1)Cc1cc(Br)ccc1O2. The number of rotatable bonds is 2. The Morgan fingerprint density at radius 2 is 2.17 bits per heavy atom. The second-order valence-corrected chi connectivity index (χ2v) is 5.95. The molecule has 2 heterocycles. The molecule has 1 aromatic carbocycles. The van der Waals surface area contributed by atoms with Gasteiger partial charge in [0.25, 0.3) is 7.41 Å². The third kappa shape index (κ3) is 2.21. The number of halogens is 1. The van der Waals surface area contributed by atoms with Gasteiger partial charge in [0.15, 0.2) is 0 Å². The molecule has 3 rings (SSSR count). The molecule has 0 saturated carbocycles. The summed E-state index contributed by atoms with van der Waals surface area (Å²) in [6.45, 7) is 1.79. The van der Waals surface area contributed by atoms with Gasteiger partial charge in [-0.2, -0.15) is 0 Å². The van der Waals surface area contributed by atoms with Crippen LogP contribution < -0.4 is 4.74 Å². The van der Waals surface area contributed by atoms with E-state index in [2.05, 4.69) is 26.8 Å². The molecule has 1 fully saturated rings. The maximum absolute atomic E-state index is 10.5. The first kappa shape index (κ1) is 12.2. The summed E-state index contributed by atoms with van der Waals surface area (Å²) in [6, 6.07) is 6.21. The highest BCUT2D eigenvalue weighted by molar-refractivity contribution is 9.10. The average Bonchev–Trinajstić information content (AvgIpc) is 2.70. The van der Waals surface area contributed by atoms with Crippen molar-refractivity contribution in [2.45, 2.75) is 24.9 Å². The molecule has 0 aromatic heterocycles. The predicted octanol–water partition coefficient (Wildman–Crippen LogP) is 2.03. The highest BCUT2D eigenvalue weighted by Gasteiger charge is 2.41. The molecule has 93 valence electrons. The summed E-state index contributed by atoms with van der Waals surface area (Å²) in [5.41, 5.74) is 1.24. The minimum atomic E-state index is -0.0453. The van der Waals surface area contributed by atoms with Gasteiger partial charge in [-0.1, -0.05) is 15.9 Å². The largest absolute Gasteiger partial charge is 0.487 e. The van der Waals surface area contributed by atoms with Crippen LogP contribution in [0.25, 0.3) is 0 Å². The quantitative estimate of drug-likeness (QED) is 0.618. The van der Waals surface area contributed by atoms with Gasteiger partial charge < -0.3 is 14.3 Å². The molecule has 2 aliphatic heterocycles. The van der Waals surface area contributed by atoms with Crippen LogP contribution in [0.15, 0.2) is 22.7 Å². The van der Waals surface area contributed by atoms with Gasteiger partial charge in [0.05, 0.1) is 6.19 Å². The van der Waals surface area contributed by atoms with Crippen LogP contribution in [-0.2, 0) is 11.2 Å². The van der Waals surface area contributed by atoms with Gasteiger partial charge >= 0.3 is 0 Å². The van der Waals surface area contributed by atoms with Crippen LogP contribution in [0.1, 0.15) is 18.4 Å². The topological polar surface area (TPSA) is 29.5 Å². The third-order valence-electron chi connectivity index (χ3n) is 3.84. The van der Waals surface area contributed by atoms with Gasteiger partial charge in [-0.3, -0.25) is 0 Å². The van der Waals surface area contributed by atoms with Crippen molar-refractivity contribution in [3.05, 3.63) is 28.2 Å². The molecule has 0 atom stereocenters. The van der Waals surface area contributed by atoms with Crippen LogP contribution in [-0.4, -0.2) is 37.1 Å². The Morgan fingerprint density at radius 3 is 2.89 bits per heavy atom. The number of benzene rings is 1. The minimum Gasteiger partial charge on any atom is -0.487 e. The molecule has 1 spiro atoms. The molecule has 1 saturated heterocycles. The van der Waals surface area contributed by atoms with E-state index in [1.807, 2.05) is 12.1 Å². The van der Waals surface area contributed by atoms with Crippen molar-refractivity contribution in [1.29, 1.82) is 0 Å². The Balaban J connectivity index is 1.72. The van der Waals surface area contributed by atoms with Crippen LogP contribution in [0.4, 0.5) is 0 Å². The number of carbonyl (C=O) groups is 1. The van der Waals surface area contributed by atoms with Gasteiger partial charge in [-0.25, -0.2) is 0 Å². The molecule has 5 heteroatoms. The second kappa shape index (κ2) is 4.70. The van der Waals surface area contributed by atoms with Crippen LogP contribution in [0.3, 0.4) is 0 Å². The van der Waals surface area contributed by atoms with Crippen LogP contribution in [0.5, 0.6) is 5.75 Å². The Labute approximate surface area is 116 Å². The number of ether oxygens (including phenoxy) is 1. The number of fused-ring (bicyclic) bond motifs is 1. The highest BCUT2D eigenvalue weighted by atomic mass is 79.9. The van der Waals surface area contributed by atoms with Crippen molar-refractivity contribution < 1.29 is 9.53 Å². The molecular formula is C13H14BBrNO2. The summed E-state index contributed by atoms with van der Waals surface area (Å²) in [5, 5.41) is 0. The molecule has 1 radical (unpaired) electrons. The lowest BCUT2D eigenvalue weighted by atomic mass is 9.82. The molecule has 18 heavy (non-hydrogen) atoms. The van der Waals surface area contributed by atoms with E-state index < -0.39 is 0 Å². The Bertz CT molecular complexity index is 472. The summed E-state index contributed by atoms with van der Waals surface area (Å²) in [6.07, 6.45) is 3.79. The first-order valence-electron chi connectivity index (χ1n) is 6.21. The average molecular weight is 307 g/mol. The maximum Gasteiger partial charge on any atom is 0.293 e. The third-order valence-corrected chi connectivity index (χ3v) is 4.34. The van der Waals surface area contributed by atoms with E-state index >= 15 is 0 Å². The van der Waals surface area contributed by atoms with Crippen molar-refractivity contribution in [2.75, 3.05) is 13.1 Å². The fraction of sp³-hybridized carbons (Fsp3) is 0.462. The van der Waals surface area contributed by atoms with Crippen molar-refractivity contribution in [1.82, 2.24) is 4.81 Å². The lowest BCUT2D eigenvalue weighted by Gasteiger charge is -2.38. The zero-order valence-corrected chi connectivity index (χ0v) is 11.6. The van der Waals surface area contributed by atoms with Crippen LogP contribution >= 0.6 is 15.9 Å². The van der Waals surface area contributed by atoms with E-state index in [4.69, 9.17) is 4.74 Å². The summed E-state index contributed by atoms with van der Waals surface area (Å²) >= 11 is 3.50. The van der Waals surface area contributed by atoms with E-state index in [1.165, 1.54) is 5.56 Å². The normalized spacial score (nSPS) is 21.4. The van der Waals surface area contributed by atoms with Gasteiger partial charge in [0.2, 0.25) is 0 Å². The number of nitrogens with zero attached hydrogens (tertiary/aromatic N) is 1. The lowest BCUT2D eigenvalue weighted by molar-refractivity contribution is 0.0405. The minimum absolute atomic E-state index is 0.0453. The maximum atomic E-state index is 10.5. The van der Waals surface area contributed by atoms with Gasteiger partial charge in [0, 0.05) is 10.9 Å². The molecule has 0 unspecified atom stereocenters. The van der Waals surface area contributed by atoms with Crippen molar-refractivity contribution in [3.8, 4) is 5.75 Å². The molecule has 3 nitrogen and oxygen atoms in total. The monoisotopic (exact) mass is 306 g/mol. The van der Waals surface area contributed by atoms with Crippen LogP contribution in [0, 0.1) is 0 Å². The Kier molecular flexibility index (Phi) is 3.20. The molecule has 2 aliphatic rings. The van der Waals surface area contributed by atoms with Crippen molar-refractivity contribution in [2.24, 2.45) is 0 Å². The number of hydrogen-bond acceptors (Lipinski definition) is 3. The predicted molar refractivity (Wildman–Crippen MR) is 74.5 cm³/mol. The highest BCUT2D eigenvalue weighted by Crippen LogP contribution is 2.41. The van der Waals surface area contributed by atoms with E-state index in [0.717, 1.165) is 48.8 Å². The Morgan fingerprint density at radius 1 is 1.39 bits per heavy atom. The van der Waals surface area contributed by atoms with Gasteiger partial charge in [0.1, 0.15) is 11.4 Å². The Hall–Kier alpha value is -0.805. The summed E-state index contributed by atoms with van der Waals surface area (Å²) in [5.74, 6) is 1.02. The summed E-state index contributed by atoms with van der Waals surface area (Å²) < 4.78 is 7.27.